The molecular formula is C20H22N4O2S2. The third kappa shape index (κ3) is 4.63. The highest BCUT2D eigenvalue weighted by molar-refractivity contribution is 7.99. The maximum atomic E-state index is 12.2. The number of aromatic nitrogens is 2. The molecule has 0 spiro atoms. The van der Waals surface area contributed by atoms with Crippen LogP contribution in [-0.2, 0) is 23.5 Å². The fraction of sp³-hybridized carbons (Fsp3) is 0.350. The number of nitrogens with zero attached hydrogens (tertiary/aromatic N) is 3. The second kappa shape index (κ2) is 8.89. The van der Waals surface area contributed by atoms with Gasteiger partial charge in [0.05, 0.1) is 17.1 Å². The zero-order valence-corrected chi connectivity index (χ0v) is 17.3. The number of thioether (sulfide) groups is 1. The van der Waals surface area contributed by atoms with Crippen LogP contribution in [0, 0.1) is 0 Å². The molecule has 0 aliphatic carbocycles. The second-order valence-electron chi connectivity index (χ2n) is 6.56. The van der Waals surface area contributed by atoms with Gasteiger partial charge in [0.25, 0.3) is 0 Å². The first-order valence-corrected chi connectivity index (χ1v) is 11.3. The van der Waals surface area contributed by atoms with E-state index in [0.717, 1.165) is 43.0 Å². The molecule has 1 aliphatic heterocycles. The van der Waals surface area contributed by atoms with Crippen molar-refractivity contribution >= 4 is 34.1 Å². The lowest BCUT2D eigenvalue weighted by Crippen LogP contribution is -2.29. The van der Waals surface area contributed by atoms with Crippen molar-refractivity contribution in [3.8, 4) is 11.5 Å². The molecule has 0 saturated carbocycles. The van der Waals surface area contributed by atoms with Crippen LogP contribution in [0.5, 0.6) is 0 Å². The average molecular weight is 415 g/mol. The van der Waals surface area contributed by atoms with Crippen LogP contribution in [0.25, 0.3) is 11.5 Å². The monoisotopic (exact) mass is 414 g/mol. The topological polar surface area (TPSA) is 71.3 Å². The number of anilines is 1. The third-order valence-corrected chi connectivity index (χ3v) is 6.52. The number of hydrogen-bond acceptors (Lipinski definition) is 7. The minimum absolute atomic E-state index is 0.0322. The van der Waals surface area contributed by atoms with Crippen LogP contribution in [0.3, 0.4) is 0 Å². The van der Waals surface area contributed by atoms with Gasteiger partial charge in [-0.05, 0) is 18.7 Å². The molecule has 0 radical (unpaired) electrons. The van der Waals surface area contributed by atoms with Gasteiger partial charge in [0.2, 0.25) is 11.8 Å². The number of fused-ring (bicyclic) bond motifs is 1. The van der Waals surface area contributed by atoms with Crippen molar-refractivity contribution in [3.63, 3.8) is 0 Å². The highest BCUT2D eigenvalue weighted by Gasteiger charge is 2.20. The Kier molecular flexibility index (Phi) is 6.09. The van der Waals surface area contributed by atoms with E-state index in [1.807, 2.05) is 30.3 Å². The lowest BCUT2D eigenvalue weighted by Gasteiger charge is -2.23. The van der Waals surface area contributed by atoms with Gasteiger partial charge in [0.15, 0.2) is 5.13 Å². The van der Waals surface area contributed by atoms with Gasteiger partial charge in [0, 0.05) is 35.7 Å². The molecule has 1 aliphatic rings. The maximum absolute atomic E-state index is 12.2. The standard InChI is InChI=1S/C20H22N4O2S2/c1-2-24-9-8-16-17(10-24)28-20(22-16)23-18(25)13-27-12-15-11-26-19(21-15)14-6-4-3-5-7-14/h3-7,11H,2,8-10,12-13H2,1H3,(H,22,23,25). The fourth-order valence-electron chi connectivity index (χ4n) is 3.06. The Morgan fingerprint density at radius 3 is 3.00 bits per heavy atom. The Balaban J connectivity index is 1.25. The van der Waals surface area contributed by atoms with E-state index in [4.69, 9.17) is 4.42 Å². The highest BCUT2D eigenvalue weighted by Crippen LogP contribution is 2.28. The molecule has 0 atom stereocenters. The summed E-state index contributed by atoms with van der Waals surface area (Å²) < 4.78 is 5.53. The molecule has 0 bridgehead atoms. The summed E-state index contributed by atoms with van der Waals surface area (Å²) in [5, 5.41) is 3.64. The van der Waals surface area contributed by atoms with E-state index in [0.29, 0.717) is 22.5 Å². The van der Waals surface area contributed by atoms with Crippen molar-refractivity contribution in [3.05, 3.63) is 52.9 Å². The molecular weight excluding hydrogens is 392 g/mol. The molecule has 1 amide bonds. The normalized spacial score (nSPS) is 14.0. The van der Waals surface area contributed by atoms with Gasteiger partial charge >= 0.3 is 0 Å². The van der Waals surface area contributed by atoms with Gasteiger partial charge in [-0.15, -0.1) is 23.1 Å². The van der Waals surface area contributed by atoms with Crippen molar-refractivity contribution < 1.29 is 9.21 Å². The number of carbonyl (C=O) groups excluding carboxylic acids is 1. The van der Waals surface area contributed by atoms with Crippen LogP contribution < -0.4 is 5.32 Å². The van der Waals surface area contributed by atoms with Crippen molar-refractivity contribution in [2.75, 3.05) is 24.2 Å². The molecule has 146 valence electrons. The van der Waals surface area contributed by atoms with E-state index < -0.39 is 0 Å². The molecule has 2 aromatic heterocycles. The van der Waals surface area contributed by atoms with Crippen molar-refractivity contribution in [1.82, 2.24) is 14.9 Å². The predicted molar refractivity (Wildman–Crippen MR) is 113 cm³/mol. The average Bonchev–Trinajstić information content (AvgIpc) is 3.34. The van der Waals surface area contributed by atoms with Gasteiger partial charge in [-0.1, -0.05) is 25.1 Å². The first kappa shape index (κ1) is 19.2. The van der Waals surface area contributed by atoms with Crippen molar-refractivity contribution in [1.29, 1.82) is 0 Å². The Morgan fingerprint density at radius 2 is 2.18 bits per heavy atom. The van der Waals surface area contributed by atoms with Crippen LogP contribution in [0.4, 0.5) is 5.13 Å². The number of amides is 1. The van der Waals surface area contributed by atoms with Crippen LogP contribution >= 0.6 is 23.1 Å². The largest absolute Gasteiger partial charge is 0.444 e. The quantitative estimate of drug-likeness (QED) is 0.629. The zero-order chi connectivity index (χ0) is 19.3. The van der Waals surface area contributed by atoms with Gasteiger partial charge in [-0.3, -0.25) is 9.69 Å². The van der Waals surface area contributed by atoms with Gasteiger partial charge in [-0.2, -0.15) is 0 Å². The summed E-state index contributed by atoms with van der Waals surface area (Å²) in [5.41, 5.74) is 2.92. The van der Waals surface area contributed by atoms with Gasteiger partial charge < -0.3 is 9.73 Å². The van der Waals surface area contributed by atoms with Crippen LogP contribution in [0.2, 0.25) is 0 Å². The molecule has 1 N–H and O–H groups in total. The lowest BCUT2D eigenvalue weighted by atomic mass is 10.2. The van der Waals surface area contributed by atoms with E-state index in [1.165, 1.54) is 16.6 Å². The van der Waals surface area contributed by atoms with E-state index >= 15 is 0 Å². The molecule has 3 aromatic rings. The lowest BCUT2D eigenvalue weighted by molar-refractivity contribution is -0.113. The second-order valence-corrected chi connectivity index (χ2v) is 8.63. The molecule has 4 rings (SSSR count). The summed E-state index contributed by atoms with van der Waals surface area (Å²) >= 11 is 3.11. The first-order chi connectivity index (χ1) is 13.7. The number of thiazole rings is 1. The molecule has 3 heterocycles. The third-order valence-electron chi connectivity index (χ3n) is 4.56. The molecule has 1 aromatic carbocycles. The molecule has 6 nitrogen and oxygen atoms in total. The summed E-state index contributed by atoms with van der Waals surface area (Å²) in [6, 6.07) is 9.79. The summed E-state index contributed by atoms with van der Waals surface area (Å²) in [6.45, 7) is 5.19. The summed E-state index contributed by atoms with van der Waals surface area (Å²) in [4.78, 5) is 25.0. The zero-order valence-electron chi connectivity index (χ0n) is 15.7. The number of oxazole rings is 1. The predicted octanol–water partition coefficient (Wildman–Crippen LogP) is 4.05. The van der Waals surface area contributed by atoms with Gasteiger partial charge in [0.1, 0.15) is 6.26 Å². The van der Waals surface area contributed by atoms with Crippen LogP contribution in [-0.4, -0.2) is 39.6 Å². The van der Waals surface area contributed by atoms with E-state index in [-0.39, 0.29) is 5.91 Å². The number of rotatable bonds is 7. The molecule has 0 unspecified atom stereocenters. The molecule has 0 saturated heterocycles. The van der Waals surface area contributed by atoms with Crippen LogP contribution in [0.1, 0.15) is 23.2 Å². The molecule has 0 fully saturated rings. The van der Waals surface area contributed by atoms with Crippen molar-refractivity contribution in [2.24, 2.45) is 0 Å². The number of hydrogen-bond donors (Lipinski definition) is 1. The van der Waals surface area contributed by atoms with E-state index in [9.17, 15) is 4.79 Å². The number of benzene rings is 1. The van der Waals surface area contributed by atoms with E-state index in [1.54, 1.807) is 17.6 Å². The maximum Gasteiger partial charge on any atom is 0.236 e. The minimum atomic E-state index is -0.0322. The molecule has 28 heavy (non-hydrogen) atoms. The summed E-state index contributed by atoms with van der Waals surface area (Å²) in [6.07, 6.45) is 2.61. The Labute approximate surface area is 172 Å². The smallest absolute Gasteiger partial charge is 0.236 e. The molecule has 8 heteroatoms. The van der Waals surface area contributed by atoms with E-state index in [2.05, 4.69) is 27.1 Å². The summed E-state index contributed by atoms with van der Waals surface area (Å²) in [7, 11) is 0. The SMILES string of the molecule is CCN1CCc2nc(NC(=O)CSCc3coc(-c4ccccc4)n3)sc2C1. The van der Waals surface area contributed by atoms with Crippen molar-refractivity contribution in [2.45, 2.75) is 25.6 Å². The Morgan fingerprint density at radius 1 is 1.32 bits per heavy atom. The number of likely N-dealkylation sites (N-methyl/N-ethyl adjacent to an activating group) is 1. The Hall–Kier alpha value is -2.16. The number of nitrogens with one attached hydrogen (secondary N) is 1. The highest BCUT2D eigenvalue weighted by atomic mass is 32.2. The minimum Gasteiger partial charge on any atom is -0.444 e. The fourth-order valence-corrected chi connectivity index (χ4v) is 4.83. The summed E-state index contributed by atoms with van der Waals surface area (Å²) in [5.74, 6) is 1.56. The first-order valence-electron chi connectivity index (χ1n) is 9.29. The van der Waals surface area contributed by atoms with Gasteiger partial charge in [-0.25, -0.2) is 9.97 Å². The Bertz CT molecular complexity index is 939. The number of carbonyl (C=O) groups is 1. The van der Waals surface area contributed by atoms with Crippen LogP contribution in [0.15, 0.2) is 41.0 Å².